The predicted molar refractivity (Wildman–Crippen MR) is 177 cm³/mol. The van der Waals surface area contributed by atoms with Crippen molar-refractivity contribution in [2.24, 2.45) is 0 Å². The summed E-state index contributed by atoms with van der Waals surface area (Å²) in [5, 5.41) is 23.8. The number of aromatic nitrogens is 1. The smallest absolute Gasteiger partial charge is 0.419 e. The zero-order valence-corrected chi connectivity index (χ0v) is 27.4. The number of rotatable bonds is 13. The van der Waals surface area contributed by atoms with Crippen molar-refractivity contribution in [3.63, 3.8) is 0 Å². The van der Waals surface area contributed by atoms with Gasteiger partial charge < -0.3 is 29.6 Å². The molecular formula is C37H38F4N2O6. The zero-order valence-electron chi connectivity index (χ0n) is 27.4. The highest BCUT2D eigenvalue weighted by Gasteiger charge is 2.35. The van der Waals surface area contributed by atoms with Crippen molar-refractivity contribution < 1.29 is 46.8 Å². The van der Waals surface area contributed by atoms with Crippen LogP contribution in [0.15, 0.2) is 78.9 Å². The maximum absolute atomic E-state index is 14.2. The van der Waals surface area contributed by atoms with Crippen LogP contribution in [0.5, 0.6) is 5.75 Å². The molecule has 3 aromatic carbocycles. The number of aliphatic hydroxyl groups excluding tert-OH is 2. The van der Waals surface area contributed by atoms with Crippen LogP contribution in [-0.2, 0) is 22.3 Å². The lowest BCUT2D eigenvalue weighted by Gasteiger charge is -2.18. The molecule has 0 saturated heterocycles. The summed E-state index contributed by atoms with van der Waals surface area (Å²) in [6.45, 7) is 3.44. The molecule has 1 heterocycles. The van der Waals surface area contributed by atoms with E-state index in [4.69, 9.17) is 4.74 Å². The Kier molecular flexibility index (Phi) is 12.0. The molecule has 0 aliphatic rings. The van der Waals surface area contributed by atoms with E-state index in [2.05, 4.69) is 10.1 Å². The fraction of sp³-hybridized carbons (Fsp3) is 0.297. The van der Waals surface area contributed by atoms with Crippen LogP contribution in [0.25, 0.3) is 28.3 Å². The highest BCUT2D eigenvalue weighted by atomic mass is 19.4. The minimum atomic E-state index is -4.68. The van der Waals surface area contributed by atoms with E-state index in [9.17, 15) is 37.4 Å². The molecule has 260 valence electrons. The van der Waals surface area contributed by atoms with Gasteiger partial charge >= 0.3 is 12.1 Å². The summed E-state index contributed by atoms with van der Waals surface area (Å²) >= 11 is 0. The van der Waals surface area contributed by atoms with E-state index in [-0.39, 0.29) is 42.4 Å². The van der Waals surface area contributed by atoms with Crippen molar-refractivity contribution in [1.29, 1.82) is 0 Å². The van der Waals surface area contributed by atoms with Crippen LogP contribution >= 0.6 is 0 Å². The van der Waals surface area contributed by atoms with E-state index in [0.29, 0.717) is 27.9 Å². The van der Waals surface area contributed by atoms with Gasteiger partial charge in [-0.15, -0.1) is 0 Å². The number of halogens is 4. The number of carbonyl (C=O) groups is 2. The number of alkyl halides is 3. The maximum atomic E-state index is 14.2. The van der Waals surface area contributed by atoms with Crippen molar-refractivity contribution in [3.8, 4) is 28.0 Å². The number of aliphatic hydroxyl groups is 2. The number of hydrogen-bond donors (Lipinski definition) is 3. The van der Waals surface area contributed by atoms with E-state index in [1.54, 1.807) is 53.1 Å². The van der Waals surface area contributed by atoms with Crippen molar-refractivity contribution in [1.82, 2.24) is 9.88 Å². The number of carbonyl (C=O) groups excluding carboxylic acids is 2. The number of nitrogens with one attached hydrogen (secondary N) is 1. The van der Waals surface area contributed by atoms with Gasteiger partial charge in [-0.05, 0) is 60.9 Å². The Morgan fingerprint density at radius 1 is 0.939 bits per heavy atom. The molecule has 0 unspecified atom stereocenters. The number of nitrogens with zero attached hydrogens (tertiary/aromatic N) is 1. The van der Waals surface area contributed by atoms with Crippen LogP contribution < -0.4 is 10.1 Å². The van der Waals surface area contributed by atoms with Gasteiger partial charge in [-0.25, -0.2) is 4.39 Å². The number of benzene rings is 3. The number of ether oxygens (including phenoxy) is 2. The lowest BCUT2D eigenvalue weighted by Crippen LogP contribution is -2.27. The van der Waals surface area contributed by atoms with Crippen LogP contribution in [0.4, 0.5) is 17.6 Å². The number of amides is 1. The van der Waals surface area contributed by atoms with Gasteiger partial charge in [0.25, 0.3) is 5.91 Å². The quantitative estimate of drug-likeness (QED) is 0.102. The lowest BCUT2D eigenvalue weighted by atomic mass is 9.94. The molecule has 1 amide bonds. The number of methoxy groups -OCH3 is 2. The van der Waals surface area contributed by atoms with Gasteiger partial charge in [0.2, 0.25) is 0 Å². The van der Waals surface area contributed by atoms with Gasteiger partial charge in [0.15, 0.2) is 0 Å². The van der Waals surface area contributed by atoms with Crippen LogP contribution in [0.2, 0.25) is 0 Å². The molecule has 12 heteroatoms. The maximum Gasteiger partial charge on any atom is 0.419 e. The third-order valence-electron chi connectivity index (χ3n) is 7.81. The SMILES string of the molecule is COC(=O)C[C@H](O)C[C@H](O)/C=C/c1c(-c2ccc(F)cc2)c(-c2ccccc2)c(C(=O)NCc2ccc(OC)c(C(F)(F)F)c2)n1C(C)C. The Balaban J connectivity index is 1.87. The molecule has 4 rings (SSSR count). The van der Waals surface area contributed by atoms with Crippen molar-refractivity contribution in [2.45, 2.75) is 57.7 Å². The Hall–Kier alpha value is -4.94. The summed E-state index contributed by atoms with van der Waals surface area (Å²) in [6, 6.07) is 17.9. The monoisotopic (exact) mass is 682 g/mol. The summed E-state index contributed by atoms with van der Waals surface area (Å²) in [7, 11) is 2.34. The summed E-state index contributed by atoms with van der Waals surface area (Å²) in [5.74, 6) is -2.04. The summed E-state index contributed by atoms with van der Waals surface area (Å²) in [6.07, 6.45) is -4.54. The highest BCUT2D eigenvalue weighted by Crippen LogP contribution is 2.43. The number of hydrogen-bond acceptors (Lipinski definition) is 6. The van der Waals surface area contributed by atoms with E-state index >= 15 is 0 Å². The molecule has 0 radical (unpaired) electrons. The van der Waals surface area contributed by atoms with Gasteiger partial charge in [0.05, 0.1) is 38.4 Å². The average Bonchev–Trinajstić information content (AvgIpc) is 3.41. The van der Waals surface area contributed by atoms with Crippen LogP contribution in [0.3, 0.4) is 0 Å². The second-order valence-electron chi connectivity index (χ2n) is 11.6. The average molecular weight is 683 g/mol. The van der Waals surface area contributed by atoms with Crippen molar-refractivity contribution >= 4 is 18.0 Å². The normalized spacial score (nSPS) is 13.0. The summed E-state index contributed by atoms with van der Waals surface area (Å²) < 4.78 is 66.5. The fourth-order valence-corrected chi connectivity index (χ4v) is 5.60. The van der Waals surface area contributed by atoms with Crippen molar-refractivity contribution in [3.05, 3.63) is 107 Å². The highest BCUT2D eigenvalue weighted by molar-refractivity contribution is 6.06. The second-order valence-corrected chi connectivity index (χ2v) is 11.6. The lowest BCUT2D eigenvalue weighted by molar-refractivity contribution is -0.143. The fourth-order valence-electron chi connectivity index (χ4n) is 5.60. The Morgan fingerprint density at radius 2 is 1.59 bits per heavy atom. The van der Waals surface area contributed by atoms with Gasteiger partial charge in [-0.1, -0.05) is 54.6 Å². The molecule has 1 aromatic heterocycles. The van der Waals surface area contributed by atoms with E-state index in [0.717, 1.165) is 13.2 Å². The molecule has 49 heavy (non-hydrogen) atoms. The molecule has 4 aromatic rings. The molecule has 0 saturated carbocycles. The third kappa shape index (κ3) is 8.95. The van der Waals surface area contributed by atoms with Crippen LogP contribution in [0, 0.1) is 5.82 Å². The molecule has 0 aliphatic carbocycles. The predicted octanol–water partition coefficient (Wildman–Crippen LogP) is 7.19. The van der Waals surface area contributed by atoms with Gasteiger partial charge in [-0.2, -0.15) is 13.2 Å². The largest absolute Gasteiger partial charge is 0.496 e. The Bertz CT molecular complexity index is 1780. The Morgan fingerprint density at radius 3 is 2.18 bits per heavy atom. The molecule has 2 atom stereocenters. The molecule has 0 bridgehead atoms. The van der Waals surface area contributed by atoms with Crippen LogP contribution in [0.1, 0.15) is 60.0 Å². The first-order chi connectivity index (χ1) is 23.2. The van der Waals surface area contributed by atoms with E-state index in [1.165, 1.54) is 37.5 Å². The topological polar surface area (TPSA) is 110 Å². The van der Waals surface area contributed by atoms with E-state index in [1.807, 2.05) is 13.8 Å². The summed E-state index contributed by atoms with van der Waals surface area (Å²) in [4.78, 5) is 25.8. The molecule has 0 spiro atoms. The molecule has 0 aliphatic heterocycles. The second kappa shape index (κ2) is 16.0. The minimum absolute atomic E-state index is 0.180. The Labute approximate surface area is 281 Å². The van der Waals surface area contributed by atoms with Gasteiger partial charge in [0.1, 0.15) is 17.3 Å². The molecule has 0 fully saturated rings. The first-order valence-corrected chi connectivity index (χ1v) is 15.5. The molecular weight excluding hydrogens is 644 g/mol. The summed E-state index contributed by atoms with van der Waals surface area (Å²) in [5.41, 5.74) is 2.08. The number of esters is 1. The van der Waals surface area contributed by atoms with Crippen molar-refractivity contribution in [2.75, 3.05) is 14.2 Å². The minimum Gasteiger partial charge on any atom is -0.496 e. The van der Waals surface area contributed by atoms with E-state index < -0.39 is 41.6 Å². The molecule has 3 N–H and O–H groups in total. The zero-order chi connectivity index (χ0) is 35.9. The molecule has 8 nitrogen and oxygen atoms in total. The van der Waals surface area contributed by atoms with Gasteiger partial charge in [0, 0.05) is 35.8 Å². The standard InChI is InChI=1S/C37H38F4N2O6/c1-22(2)43-30(16-15-27(44)19-28(45)20-32(46)49-4)33(25-11-13-26(38)14-12-25)34(24-8-6-5-7-9-24)35(43)36(47)42-21-23-10-17-31(48-3)29(18-23)37(39,40)41/h5-18,22,27-28,44-45H,19-21H2,1-4H3,(H,42,47)/b16-15+/t27-,28-/m1/s1. The third-order valence-corrected chi connectivity index (χ3v) is 7.81. The first-order valence-electron chi connectivity index (χ1n) is 15.5. The van der Waals surface area contributed by atoms with Gasteiger partial charge in [-0.3, -0.25) is 9.59 Å². The first kappa shape index (κ1) is 36.9. The van der Waals surface area contributed by atoms with Crippen LogP contribution in [-0.4, -0.2) is 53.1 Å².